The van der Waals surface area contributed by atoms with Crippen LogP contribution in [0.15, 0.2) is 12.3 Å². The number of thiazole rings is 1. The van der Waals surface area contributed by atoms with Gasteiger partial charge in [0.2, 0.25) is 0 Å². The van der Waals surface area contributed by atoms with E-state index in [0.29, 0.717) is 23.2 Å². The van der Waals surface area contributed by atoms with Gasteiger partial charge in [0.1, 0.15) is 0 Å². The van der Waals surface area contributed by atoms with E-state index in [1.165, 1.54) is 23.6 Å². The predicted molar refractivity (Wildman–Crippen MR) is 70.2 cm³/mol. The Morgan fingerprint density at radius 3 is 3.11 bits per heavy atom. The maximum absolute atomic E-state index is 11.6. The lowest BCUT2D eigenvalue weighted by Crippen LogP contribution is -2.38. The first kappa shape index (κ1) is 13.5. The van der Waals surface area contributed by atoms with Crippen molar-refractivity contribution in [3.05, 3.63) is 17.2 Å². The first-order chi connectivity index (χ1) is 9.13. The summed E-state index contributed by atoms with van der Waals surface area (Å²) in [6, 6.07) is -0.301. The summed E-state index contributed by atoms with van der Waals surface area (Å²) < 4.78 is 5.15. The monoisotopic (exact) mass is 283 g/mol. The lowest BCUT2D eigenvalue weighted by atomic mass is 10.3. The molecule has 2 amide bonds. The number of hydrogen-bond donors (Lipinski definition) is 3. The molecule has 0 aliphatic carbocycles. The first-order valence-corrected chi connectivity index (χ1v) is 6.47. The van der Waals surface area contributed by atoms with Gasteiger partial charge in [0, 0.05) is 23.8 Å². The van der Waals surface area contributed by atoms with Crippen molar-refractivity contribution in [1.82, 2.24) is 10.3 Å². The largest absolute Gasteiger partial charge is 0.478 e. The predicted octanol–water partition coefficient (Wildman–Crippen LogP) is 1.15. The summed E-state index contributed by atoms with van der Waals surface area (Å²) in [6.45, 7) is 1.18. The van der Waals surface area contributed by atoms with Gasteiger partial charge in [-0.1, -0.05) is 11.3 Å². The molecule has 0 radical (unpaired) electrons. The van der Waals surface area contributed by atoms with Crippen LogP contribution in [0.2, 0.25) is 0 Å². The van der Waals surface area contributed by atoms with Crippen LogP contribution >= 0.6 is 11.3 Å². The molecule has 0 aromatic carbocycles. The summed E-state index contributed by atoms with van der Waals surface area (Å²) in [5.41, 5.74) is 0. The minimum atomic E-state index is -1.03. The average Bonchev–Trinajstić information content (AvgIpc) is 2.98. The highest BCUT2D eigenvalue weighted by Crippen LogP contribution is 2.19. The Morgan fingerprint density at radius 1 is 1.58 bits per heavy atom. The smallest absolute Gasteiger partial charge is 0.328 e. The fraction of sp³-hybridized carbons (Fsp3) is 0.364. The van der Waals surface area contributed by atoms with Crippen molar-refractivity contribution in [2.24, 2.45) is 0 Å². The SMILES string of the molecule is O=C(O)C=Cc1cnc(NC(=O)NC2CCOC2)s1. The lowest BCUT2D eigenvalue weighted by molar-refractivity contribution is -0.131. The van der Waals surface area contributed by atoms with Crippen molar-refractivity contribution in [1.29, 1.82) is 0 Å². The van der Waals surface area contributed by atoms with Crippen LogP contribution < -0.4 is 10.6 Å². The van der Waals surface area contributed by atoms with Gasteiger partial charge in [-0.25, -0.2) is 14.6 Å². The summed E-state index contributed by atoms with van der Waals surface area (Å²) in [7, 11) is 0. The van der Waals surface area contributed by atoms with E-state index >= 15 is 0 Å². The van der Waals surface area contributed by atoms with Gasteiger partial charge in [-0.2, -0.15) is 0 Å². The molecule has 102 valence electrons. The highest BCUT2D eigenvalue weighted by atomic mass is 32.1. The number of aromatic nitrogens is 1. The zero-order valence-electron chi connectivity index (χ0n) is 9.96. The van der Waals surface area contributed by atoms with Gasteiger partial charge in [0.15, 0.2) is 5.13 Å². The summed E-state index contributed by atoms with van der Waals surface area (Å²) in [5, 5.41) is 14.3. The van der Waals surface area contributed by atoms with Crippen molar-refractivity contribution in [3.8, 4) is 0 Å². The third kappa shape index (κ3) is 4.34. The Hall–Kier alpha value is -1.93. The zero-order valence-corrected chi connectivity index (χ0v) is 10.8. The topological polar surface area (TPSA) is 101 Å². The van der Waals surface area contributed by atoms with Gasteiger partial charge >= 0.3 is 12.0 Å². The van der Waals surface area contributed by atoms with Gasteiger partial charge in [0.25, 0.3) is 0 Å². The Bertz CT molecular complexity index is 494. The van der Waals surface area contributed by atoms with E-state index in [1.54, 1.807) is 0 Å². The normalized spacial score (nSPS) is 18.6. The summed E-state index contributed by atoms with van der Waals surface area (Å²) in [6.07, 6.45) is 4.75. The van der Waals surface area contributed by atoms with Crippen LogP contribution in [0.5, 0.6) is 0 Å². The second kappa shape index (κ2) is 6.30. The van der Waals surface area contributed by atoms with E-state index < -0.39 is 5.97 Å². The molecule has 1 atom stereocenters. The first-order valence-electron chi connectivity index (χ1n) is 5.65. The number of carboxylic acids is 1. The standard InChI is InChI=1S/C11H13N3O4S/c15-9(16)2-1-8-5-12-11(19-8)14-10(17)13-7-3-4-18-6-7/h1-2,5,7H,3-4,6H2,(H,15,16)(H2,12,13,14,17). The molecule has 1 aromatic heterocycles. The molecule has 1 unspecified atom stereocenters. The molecule has 0 spiro atoms. The summed E-state index contributed by atoms with van der Waals surface area (Å²) >= 11 is 1.20. The van der Waals surface area contributed by atoms with E-state index in [0.717, 1.165) is 12.5 Å². The number of hydrogen-bond acceptors (Lipinski definition) is 5. The van der Waals surface area contributed by atoms with E-state index in [9.17, 15) is 9.59 Å². The lowest BCUT2D eigenvalue weighted by Gasteiger charge is -2.09. The molecule has 0 saturated carbocycles. The van der Waals surface area contributed by atoms with Crippen LogP contribution in [0.1, 0.15) is 11.3 Å². The van der Waals surface area contributed by atoms with Crippen molar-refractivity contribution in [2.75, 3.05) is 18.5 Å². The number of aliphatic carboxylic acids is 1. The molecule has 8 heteroatoms. The number of amides is 2. The van der Waals surface area contributed by atoms with Crippen LogP contribution in [-0.4, -0.2) is 41.3 Å². The Morgan fingerprint density at radius 2 is 2.42 bits per heavy atom. The van der Waals surface area contributed by atoms with Gasteiger partial charge in [-0.3, -0.25) is 5.32 Å². The van der Waals surface area contributed by atoms with Crippen LogP contribution in [0, 0.1) is 0 Å². The quantitative estimate of drug-likeness (QED) is 0.720. The third-order valence-electron chi connectivity index (χ3n) is 2.40. The number of carbonyl (C=O) groups is 2. The molecule has 3 N–H and O–H groups in total. The van der Waals surface area contributed by atoms with Gasteiger partial charge in [-0.05, 0) is 12.5 Å². The Balaban J connectivity index is 1.85. The number of rotatable bonds is 4. The summed E-state index contributed by atoms with van der Waals surface area (Å²) in [4.78, 5) is 26.6. The molecule has 1 saturated heterocycles. The Labute approximate surface area is 113 Å². The number of carboxylic acid groups (broad SMARTS) is 1. The fourth-order valence-electron chi connectivity index (χ4n) is 1.54. The number of nitrogens with zero attached hydrogens (tertiary/aromatic N) is 1. The molecule has 2 heterocycles. The highest BCUT2D eigenvalue weighted by Gasteiger charge is 2.18. The van der Waals surface area contributed by atoms with Crippen molar-refractivity contribution >= 4 is 34.5 Å². The van der Waals surface area contributed by atoms with Gasteiger partial charge < -0.3 is 15.2 Å². The fourth-order valence-corrected chi connectivity index (χ4v) is 2.26. The Kier molecular flexibility index (Phi) is 4.48. The minimum Gasteiger partial charge on any atom is -0.478 e. The van der Waals surface area contributed by atoms with Crippen molar-refractivity contribution < 1.29 is 19.4 Å². The average molecular weight is 283 g/mol. The summed E-state index contributed by atoms with van der Waals surface area (Å²) in [5.74, 6) is -1.03. The molecule has 2 rings (SSSR count). The molecular formula is C11H13N3O4S. The number of carbonyl (C=O) groups excluding carboxylic acids is 1. The van der Waals surface area contributed by atoms with Crippen LogP contribution in [0.3, 0.4) is 0 Å². The maximum atomic E-state index is 11.6. The van der Waals surface area contributed by atoms with E-state index in [-0.39, 0.29) is 12.1 Å². The molecule has 1 fully saturated rings. The van der Waals surface area contributed by atoms with E-state index in [4.69, 9.17) is 9.84 Å². The van der Waals surface area contributed by atoms with Crippen LogP contribution in [0.4, 0.5) is 9.93 Å². The van der Waals surface area contributed by atoms with E-state index in [2.05, 4.69) is 15.6 Å². The number of anilines is 1. The van der Waals surface area contributed by atoms with Gasteiger partial charge in [-0.15, -0.1) is 0 Å². The van der Waals surface area contributed by atoms with Crippen molar-refractivity contribution in [3.63, 3.8) is 0 Å². The second-order valence-corrected chi connectivity index (χ2v) is 4.96. The van der Waals surface area contributed by atoms with Crippen molar-refractivity contribution in [2.45, 2.75) is 12.5 Å². The molecule has 1 aromatic rings. The number of nitrogens with one attached hydrogen (secondary N) is 2. The number of urea groups is 1. The van der Waals surface area contributed by atoms with Crippen LogP contribution in [-0.2, 0) is 9.53 Å². The molecule has 7 nitrogen and oxygen atoms in total. The third-order valence-corrected chi connectivity index (χ3v) is 3.28. The highest BCUT2D eigenvalue weighted by molar-refractivity contribution is 7.16. The maximum Gasteiger partial charge on any atom is 0.328 e. The second-order valence-electron chi connectivity index (χ2n) is 3.90. The minimum absolute atomic E-state index is 0.0336. The van der Waals surface area contributed by atoms with Crippen LogP contribution in [0.25, 0.3) is 6.08 Å². The molecule has 0 bridgehead atoms. The molecule has 1 aliphatic heterocycles. The molecule has 19 heavy (non-hydrogen) atoms. The molecular weight excluding hydrogens is 270 g/mol. The number of ether oxygens (including phenoxy) is 1. The zero-order chi connectivity index (χ0) is 13.7. The van der Waals surface area contributed by atoms with E-state index in [1.807, 2.05) is 0 Å². The van der Waals surface area contributed by atoms with Gasteiger partial charge in [0.05, 0.1) is 12.6 Å². The molecule has 1 aliphatic rings.